The normalized spacial score (nSPS) is 17.0. The highest BCUT2D eigenvalue weighted by Gasteiger charge is 2.43. The Balaban J connectivity index is 2.05. The fourth-order valence-corrected chi connectivity index (χ4v) is 2.38. The lowest BCUT2D eigenvalue weighted by atomic mass is 10.0. The Labute approximate surface area is 117 Å². The molecule has 1 aliphatic heterocycles. The van der Waals surface area contributed by atoms with E-state index in [9.17, 15) is 22.8 Å². The molecule has 1 fully saturated rings. The van der Waals surface area contributed by atoms with Gasteiger partial charge in [-0.2, -0.15) is 13.2 Å². The number of likely N-dealkylation sites (tertiary alicyclic amines) is 1. The predicted octanol–water partition coefficient (Wildman–Crippen LogP) is 1.01. The molecule has 1 aromatic heterocycles. The lowest BCUT2D eigenvalue weighted by Crippen LogP contribution is -2.45. The third-order valence-electron chi connectivity index (χ3n) is 3.47. The van der Waals surface area contributed by atoms with Crippen molar-refractivity contribution in [2.45, 2.75) is 32.0 Å². The zero-order valence-electron chi connectivity index (χ0n) is 11.1. The zero-order valence-corrected chi connectivity index (χ0v) is 11.1. The monoisotopic (exact) mass is 306 g/mol. The van der Waals surface area contributed by atoms with Crippen LogP contribution in [0.4, 0.5) is 13.2 Å². The van der Waals surface area contributed by atoms with Gasteiger partial charge in [0.15, 0.2) is 5.69 Å². The van der Waals surface area contributed by atoms with Gasteiger partial charge in [0.25, 0.3) is 0 Å². The molecular formula is C11H13F3N4O3. The standard InChI is InChI=1S/C11H13F3N4O3/c1-6-8(9(19)20)15-16-18(6)7-2-4-17(5-3-7)10(21)11(12,13)14/h7H,2-5H2,1H3,(H,19,20). The lowest BCUT2D eigenvalue weighted by molar-refractivity contribution is -0.186. The quantitative estimate of drug-likeness (QED) is 0.881. The molecule has 10 heteroatoms. The maximum Gasteiger partial charge on any atom is 0.471 e. The number of carbonyl (C=O) groups is 2. The summed E-state index contributed by atoms with van der Waals surface area (Å²) in [5.74, 6) is -3.05. The van der Waals surface area contributed by atoms with Crippen molar-refractivity contribution >= 4 is 11.9 Å². The van der Waals surface area contributed by atoms with E-state index in [1.165, 1.54) is 11.6 Å². The average Bonchev–Trinajstić information content (AvgIpc) is 2.79. The molecule has 1 aliphatic rings. The summed E-state index contributed by atoms with van der Waals surface area (Å²) in [5, 5.41) is 16.2. The second kappa shape index (κ2) is 5.34. The number of carbonyl (C=O) groups excluding carboxylic acids is 1. The molecule has 2 rings (SSSR count). The van der Waals surface area contributed by atoms with E-state index in [2.05, 4.69) is 10.3 Å². The van der Waals surface area contributed by atoms with Gasteiger partial charge in [-0.25, -0.2) is 9.48 Å². The van der Waals surface area contributed by atoms with E-state index in [0.717, 1.165) is 4.90 Å². The minimum absolute atomic E-state index is 0.0509. The molecule has 21 heavy (non-hydrogen) atoms. The average molecular weight is 306 g/mol. The molecule has 0 radical (unpaired) electrons. The van der Waals surface area contributed by atoms with Crippen molar-refractivity contribution in [2.24, 2.45) is 0 Å². The molecule has 0 aromatic carbocycles. The predicted molar refractivity (Wildman–Crippen MR) is 62.6 cm³/mol. The number of amides is 1. The van der Waals surface area contributed by atoms with Crippen LogP contribution in [0.15, 0.2) is 0 Å². The van der Waals surface area contributed by atoms with Gasteiger partial charge in [0, 0.05) is 13.1 Å². The number of aromatic nitrogens is 3. The smallest absolute Gasteiger partial charge is 0.471 e. The van der Waals surface area contributed by atoms with Gasteiger partial charge in [0.2, 0.25) is 0 Å². The number of carboxylic acids is 1. The summed E-state index contributed by atoms with van der Waals surface area (Å²) >= 11 is 0. The highest BCUT2D eigenvalue weighted by Crippen LogP contribution is 2.27. The van der Waals surface area contributed by atoms with E-state index < -0.39 is 18.1 Å². The third-order valence-corrected chi connectivity index (χ3v) is 3.47. The molecule has 0 spiro atoms. The summed E-state index contributed by atoms with van der Waals surface area (Å²) in [6, 6.07) is -0.261. The van der Waals surface area contributed by atoms with Crippen molar-refractivity contribution in [3.63, 3.8) is 0 Å². The summed E-state index contributed by atoms with van der Waals surface area (Å²) in [5.41, 5.74) is 0.173. The number of piperidine rings is 1. The van der Waals surface area contributed by atoms with Crippen LogP contribution in [-0.4, -0.2) is 56.1 Å². The van der Waals surface area contributed by atoms with E-state index in [4.69, 9.17) is 5.11 Å². The van der Waals surface area contributed by atoms with Crippen molar-refractivity contribution in [3.8, 4) is 0 Å². The molecule has 116 valence electrons. The van der Waals surface area contributed by atoms with Gasteiger partial charge in [-0.1, -0.05) is 5.21 Å². The Kier molecular flexibility index (Phi) is 3.88. The first-order valence-corrected chi connectivity index (χ1v) is 6.23. The number of nitrogens with zero attached hydrogens (tertiary/aromatic N) is 4. The number of hydrogen-bond donors (Lipinski definition) is 1. The Morgan fingerprint density at radius 2 is 1.86 bits per heavy atom. The Hall–Kier alpha value is -2.13. The second-order valence-corrected chi connectivity index (χ2v) is 4.79. The van der Waals surface area contributed by atoms with Gasteiger partial charge in [-0.05, 0) is 19.8 Å². The van der Waals surface area contributed by atoms with Crippen molar-refractivity contribution in [3.05, 3.63) is 11.4 Å². The molecule has 1 aromatic rings. The largest absolute Gasteiger partial charge is 0.476 e. The van der Waals surface area contributed by atoms with Gasteiger partial charge < -0.3 is 10.0 Å². The van der Waals surface area contributed by atoms with Crippen molar-refractivity contribution < 1.29 is 27.9 Å². The van der Waals surface area contributed by atoms with Crippen LogP contribution in [0.2, 0.25) is 0 Å². The number of halogens is 3. The SMILES string of the molecule is Cc1c(C(=O)O)nnn1C1CCN(C(=O)C(F)(F)F)CC1. The highest BCUT2D eigenvalue weighted by atomic mass is 19.4. The summed E-state index contributed by atoms with van der Waals surface area (Å²) < 4.78 is 38.4. The Morgan fingerprint density at radius 1 is 1.29 bits per heavy atom. The first-order chi connectivity index (χ1) is 9.71. The minimum atomic E-state index is -4.87. The van der Waals surface area contributed by atoms with Gasteiger partial charge in [0.1, 0.15) is 0 Å². The third kappa shape index (κ3) is 2.98. The fourth-order valence-electron chi connectivity index (χ4n) is 2.38. The van der Waals surface area contributed by atoms with Crippen molar-refractivity contribution in [1.82, 2.24) is 19.9 Å². The molecule has 0 atom stereocenters. The van der Waals surface area contributed by atoms with Crippen molar-refractivity contribution in [2.75, 3.05) is 13.1 Å². The molecule has 0 saturated carbocycles. The summed E-state index contributed by atoms with van der Waals surface area (Å²) in [6.45, 7) is 1.44. The second-order valence-electron chi connectivity index (χ2n) is 4.79. The first-order valence-electron chi connectivity index (χ1n) is 6.23. The summed E-state index contributed by atoms with van der Waals surface area (Å²) in [6.07, 6.45) is -4.33. The Morgan fingerprint density at radius 3 is 2.29 bits per heavy atom. The minimum Gasteiger partial charge on any atom is -0.476 e. The van der Waals surface area contributed by atoms with Crippen LogP contribution in [0.25, 0.3) is 0 Å². The highest BCUT2D eigenvalue weighted by molar-refractivity contribution is 5.86. The lowest BCUT2D eigenvalue weighted by Gasteiger charge is -2.32. The van der Waals surface area contributed by atoms with Gasteiger partial charge in [0.05, 0.1) is 11.7 Å². The topological polar surface area (TPSA) is 88.3 Å². The van der Waals surface area contributed by atoms with Crippen LogP contribution in [0.1, 0.15) is 35.1 Å². The van der Waals surface area contributed by atoms with Crippen LogP contribution in [0.3, 0.4) is 0 Å². The van der Waals surface area contributed by atoms with Crippen molar-refractivity contribution in [1.29, 1.82) is 0 Å². The van der Waals surface area contributed by atoms with Gasteiger partial charge in [-0.15, -0.1) is 5.10 Å². The van der Waals surface area contributed by atoms with Crippen LogP contribution in [0, 0.1) is 6.92 Å². The molecule has 1 N–H and O–H groups in total. The van der Waals surface area contributed by atoms with Crippen LogP contribution in [-0.2, 0) is 4.79 Å². The summed E-state index contributed by atoms with van der Waals surface area (Å²) in [4.78, 5) is 22.7. The molecule has 1 amide bonds. The Bertz CT molecular complexity index is 562. The molecule has 0 unspecified atom stereocenters. The number of rotatable bonds is 2. The molecule has 0 aliphatic carbocycles. The molecular weight excluding hydrogens is 293 g/mol. The van der Waals surface area contributed by atoms with E-state index >= 15 is 0 Å². The van der Waals surface area contributed by atoms with Gasteiger partial charge in [-0.3, -0.25) is 4.79 Å². The molecule has 1 saturated heterocycles. The fraction of sp³-hybridized carbons (Fsp3) is 0.636. The van der Waals surface area contributed by atoms with E-state index in [0.29, 0.717) is 5.69 Å². The number of alkyl halides is 3. The molecule has 0 bridgehead atoms. The first kappa shape index (κ1) is 15.3. The van der Waals surface area contributed by atoms with Crippen LogP contribution < -0.4 is 0 Å². The van der Waals surface area contributed by atoms with Gasteiger partial charge >= 0.3 is 18.1 Å². The number of aromatic carboxylic acids is 1. The number of carboxylic acid groups (broad SMARTS) is 1. The number of hydrogen-bond acceptors (Lipinski definition) is 4. The van der Waals surface area contributed by atoms with E-state index in [1.54, 1.807) is 0 Å². The van der Waals surface area contributed by atoms with E-state index in [-0.39, 0.29) is 37.7 Å². The van der Waals surface area contributed by atoms with Crippen LogP contribution in [0.5, 0.6) is 0 Å². The molecule has 2 heterocycles. The van der Waals surface area contributed by atoms with Crippen LogP contribution >= 0.6 is 0 Å². The zero-order chi connectivity index (χ0) is 15.8. The molecule has 7 nitrogen and oxygen atoms in total. The maximum atomic E-state index is 12.3. The maximum absolute atomic E-state index is 12.3. The summed E-state index contributed by atoms with van der Waals surface area (Å²) in [7, 11) is 0. The van der Waals surface area contributed by atoms with E-state index in [1.807, 2.05) is 0 Å².